The number of fused-ring (bicyclic) bond motifs is 1. The second-order valence-corrected chi connectivity index (χ2v) is 7.54. The van der Waals surface area contributed by atoms with Crippen molar-refractivity contribution in [3.05, 3.63) is 29.8 Å². The minimum absolute atomic E-state index is 0.144. The first-order valence-corrected chi connectivity index (χ1v) is 8.84. The molecule has 0 spiro atoms. The van der Waals surface area contributed by atoms with Crippen LogP contribution in [-0.2, 0) is 0 Å². The predicted molar refractivity (Wildman–Crippen MR) is 89.7 cm³/mol. The van der Waals surface area contributed by atoms with Gasteiger partial charge >= 0.3 is 0 Å². The van der Waals surface area contributed by atoms with E-state index in [1.54, 1.807) is 7.11 Å². The van der Waals surface area contributed by atoms with E-state index in [0.717, 1.165) is 19.4 Å². The van der Waals surface area contributed by atoms with E-state index in [4.69, 9.17) is 4.74 Å². The molecule has 124 valence electrons. The Morgan fingerprint density at radius 2 is 2.09 bits per heavy atom. The van der Waals surface area contributed by atoms with Gasteiger partial charge in [-0.05, 0) is 31.4 Å². The summed E-state index contributed by atoms with van der Waals surface area (Å²) in [7, 11) is 1.64. The lowest BCUT2D eigenvalue weighted by molar-refractivity contribution is 0.0625. The predicted octanol–water partition coefficient (Wildman–Crippen LogP) is 2.83. The van der Waals surface area contributed by atoms with Gasteiger partial charge in [-0.25, -0.2) is 0 Å². The van der Waals surface area contributed by atoms with Gasteiger partial charge in [-0.1, -0.05) is 31.9 Å². The molecule has 3 fully saturated rings. The number of rotatable bonds is 2. The third kappa shape index (κ3) is 2.18. The van der Waals surface area contributed by atoms with Gasteiger partial charge in [0.2, 0.25) is 0 Å². The fourth-order valence-electron chi connectivity index (χ4n) is 5.23. The molecule has 4 atom stereocenters. The molecule has 2 saturated heterocycles. The molecule has 1 saturated carbocycles. The van der Waals surface area contributed by atoms with Crippen molar-refractivity contribution >= 4 is 5.91 Å². The number of methoxy groups -OCH3 is 1. The van der Waals surface area contributed by atoms with Crippen LogP contribution >= 0.6 is 0 Å². The molecule has 1 N–H and O–H groups in total. The molecule has 4 rings (SSSR count). The first-order chi connectivity index (χ1) is 11.1. The van der Waals surface area contributed by atoms with Gasteiger partial charge in [0.05, 0.1) is 12.7 Å². The molecule has 3 aliphatic rings. The number of nitrogens with zero attached hydrogens (tertiary/aromatic N) is 1. The van der Waals surface area contributed by atoms with E-state index >= 15 is 0 Å². The molecule has 2 aliphatic heterocycles. The summed E-state index contributed by atoms with van der Waals surface area (Å²) in [6.07, 6.45) is 6.00. The van der Waals surface area contributed by atoms with E-state index in [1.807, 2.05) is 24.3 Å². The molecule has 1 aromatic rings. The Kier molecular flexibility index (Phi) is 3.60. The number of piperidine rings is 1. The third-order valence-corrected chi connectivity index (χ3v) is 6.35. The van der Waals surface area contributed by atoms with Crippen LogP contribution in [-0.4, -0.2) is 42.6 Å². The lowest BCUT2D eigenvalue weighted by Gasteiger charge is -2.39. The summed E-state index contributed by atoms with van der Waals surface area (Å²) in [5.74, 6) is 0.827. The summed E-state index contributed by atoms with van der Waals surface area (Å²) in [6, 6.07) is 8.85. The van der Waals surface area contributed by atoms with E-state index in [9.17, 15) is 4.79 Å². The quantitative estimate of drug-likeness (QED) is 0.912. The highest BCUT2D eigenvalue weighted by Crippen LogP contribution is 2.51. The van der Waals surface area contributed by atoms with Crippen molar-refractivity contribution in [2.45, 2.75) is 57.2 Å². The topological polar surface area (TPSA) is 41.6 Å². The largest absolute Gasteiger partial charge is 0.496 e. The van der Waals surface area contributed by atoms with E-state index in [1.165, 1.54) is 19.3 Å². The van der Waals surface area contributed by atoms with Gasteiger partial charge in [0.25, 0.3) is 5.91 Å². The Labute approximate surface area is 138 Å². The normalized spacial score (nSPS) is 35.7. The monoisotopic (exact) mass is 314 g/mol. The second kappa shape index (κ2) is 5.52. The minimum Gasteiger partial charge on any atom is -0.496 e. The summed E-state index contributed by atoms with van der Waals surface area (Å²) in [5, 5.41) is 3.73. The minimum atomic E-state index is 0.144. The van der Waals surface area contributed by atoms with Crippen LogP contribution in [0.4, 0.5) is 0 Å². The van der Waals surface area contributed by atoms with E-state index in [0.29, 0.717) is 29.4 Å². The molecule has 1 aromatic carbocycles. The Morgan fingerprint density at radius 1 is 1.30 bits per heavy atom. The summed E-state index contributed by atoms with van der Waals surface area (Å²) >= 11 is 0. The third-order valence-electron chi connectivity index (χ3n) is 6.35. The number of hydrogen-bond donors (Lipinski definition) is 1. The zero-order chi connectivity index (χ0) is 16.0. The van der Waals surface area contributed by atoms with Crippen LogP contribution in [0.2, 0.25) is 0 Å². The fourth-order valence-corrected chi connectivity index (χ4v) is 5.23. The molecule has 0 radical (unpaired) electrons. The summed E-state index contributed by atoms with van der Waals surface area (Å²) in [6.45, 7) is 3.32. The van der Waals surface area contributed by atoms with Crippen LogP contribution in [0.1, 0.15) is 49.4 Å². The Balaban J connectivity index is 1.72. The molecule has 2 bridgehead atoms. The molecule has 2 heterocycles. The summed E-state index contributed by atoms with van der Waals surface area (Å²) in [4.78, 5) is 15.5. The Hall–Kier alpha value is -1.55. The molecular formula is C19H26N2O2. The highest BCUT2D eigenvalue weighted by atomic mass is 16.5. The van der Waals surface area contributed by atoms with Crippen molar-refractivity contribution in [1.29, 1.82) is 0 Å². The molecule has 4 heteroatoms. The zero-order valence-corrected chi connectivity index (χ0v) is 14.0. The fraction of sp³-hybridized carbons (Fsp3) is 0.632. The smallest absolute Gasteiger partial charge is 0.258 e. The van der Waals surface area contributed by atoms with Crippen LogP contribution < -0.4 is 10.1 Å². The van der Waals surface area contributed by atoms with E-state index < -0.39 is 0 Å². The number of benzene rings is 1. The second-order valence-electron chi connectivity index (χ2n) is 7.54. The lowest BCUT2D eigenvalue weighted by Crippen LogP contribution is -2.51. The number of ether oxygens (including phenoxy) is 1. The zero-order valence-electron chi connectivity index (χ0n) is 14.0. The first-order valence-electron chi connectivity index (χ1n) is 8.84. The van der Waals surface area contributed by atoms with Crippen LogP contribution in [0.5, 0.6) is 5.75 Å². The summed E-state index contributed by atoms with van der Waals surface area (Å²) < 4.78 is 5.43. The maximum absolute atomic E-state index is 13.3. The van der Waals surface area contributed by atoms with Crippen molar-refractivity contribution in [3.63, 3.8) is 0 Å². The van der Waals surface area contributed by atoms with Crippen LogP contribution in [0.25, 0.3) is 0 Å². The van der Waals surface area contributed by atoms with Crippen molar-refractivity contribution in [2.24, 2.45) is 5.41 Å². The molecule has 1 amide bonds. The summed E-state index contributed by atoms with van der Waals surface area (Å²) in [5.41, 5.74) is 0.920. The number of nitrogens with one attached hydrogen (secondary N) is 1. The van der Waals surface area contributed by atoms with Crippen molar-refractivity contribution < 1.29 is 9.53 Å². The molecule has 23 heavy (non-hydrogen) atoms. The number of carbonyl (C=O) groups excluding carboxylic acids is 1. The molecule has 0 aromatic heterocycles. The van der Waals surface area contributed by atoms with Gasteiger partial charge in [0, 0.05) is 30.1 Å². The average molecular weight is 314 g/mol. The van der Waals surface area contributed by atoms with E-state index in [2.05, 4.69) is 17.1 Å². The van der Waals surface area contributed by atoms with Crippen LogP contribution in [0, 0.1) is 5.41 Å². The van der Waals surface area contributed by atoms with Gasteiger partial charge < -0.3 is 15.0 Å². The first kappa shape index (κ1) is 15.0. The number of amides is 1. The number of hydrogen-bond acceptors (Lipinski definition) is 3. The number of carbonyl (C=O) groups is 1. The van der Waals surface area contributed by atoms with Crippen molar-refractivity contribution in [3.8, 4) is 5.75 Å². The number of para-hydroxylation sites is 1. The molecule has 4 nitrogen and oxygen atoms in total. The maximum atomic E-state index is 13.3. The maximum Gasteiger partial charge on any atom is 0.258 e. The standard InChI is InChI=1S/C19H26N2O2/c1-19-11-13-12-20-16(19)9-5-6-10-17(19)21(13)18(22)14-7-3-4-8-15(14)23-2/h3-4,7-8,13,16-17,20H,5-6,9-12H2,1-2H3/t13-,16+,17-,19+/m0/s1. The Morgan fingerprint density at radius 3 is 2.91 bits per heavy atom. The molecule has 1 aliphatic carbocycles. The van der Waals surface area contributed by atoms with Crippen molar-refractivity contribution in [1.82, 2.24) is 10.2 Å². The Bertz CT molecular complexity index is 617. The molecule has 0 unspecified atom stereocenters. The van der Waals surface area contributed by atoms with Crippen LogP contribution in [0.15, 0.2) is 24.3 Å². The van der Waals surface area contributed by atoms with Gasteiger partial charge in [0.1, 0.15) is 5.75 Å². The lowest BCUT2D eigenvalue weighted by atomic mass is 9.72. The van der Waals surface area contributed by atoms with Gasteiger partial charge in [0.15, 0.2) is 0 Å². The number of likely N-dealkylation sites (tertiary alicyclic amines) is 1. The van der Waals surface area contributed by atoms with Crippen LogP contribution in [0.3, 0.4) is 0 Å². The van der Waals surface area contributed by atoms with Gasteiger partial charge in [-0.15, -0.1) is 0 Å². The average Bonchev–Trinajstić information content (AvgIpc) is 2.69. The van der Waals surface area contributed by atoms with E-state index in [-0.39, 0.29) is 11.3 Å². The highest BCUT2D eigenvalue weighted by molar-refractivity contribution is 5.97. The van der Waals surface area contributed by atoms with Gasteiger partial charge in [-0.3, -0.25) is 4.79 Å². The van der Waals surface area contributed by atoms with Gasteiger partial charge in [-0.2, -0.15) is 0 Å². The SMILES string of the molecule is COc1ccccc1C(=O)N1[C@@H]2CN[C@@H]3CCCC[C@H]1[C@]3(C)C2. The molecular weight excluding hydrogens is 288 g/mol. The van der Waals surface area contributed by atoms with Crippen molar-refractivity contribution in [2.75, 3.05) is 13.7 Å². The highest BCUT2D eigenvalue weighted by Gasteiger charge is 2.57.